The molecule has 0 amide bonds. The molecule has 0 unspecified atom stereocenters. The summed E-state index contributed by atoms with van der Waals surface area (Å²) in [6.45, 7) is 4.77. The molecule has 3 rings (SSSR count). The highest BCUT2D eigenvalue weighted by molar-refractivity contribution is 5.14. The van der Waals surface area contributed by atoms with Gasteiger partial charge in [-0.1, -0.05) is 36.8 Å². The van der Waals surface area contributed by atoms with E-state index in [0.717, 1.165) is 18.6 Å². The first-order chi connectivity index (χ1) is 9.74. The van der Waals surface area contributed by atoms with Gasteiger partial charge in [0.1, 0.15) is 0 Å². The van der Waals surface area contributed by atoms with E-state index < -0.39 is 0 Å². The van der Waals surface area contributed by atoms with E-state index in [1.807, 2.05) is 0 Å². The highest BCUT2D eigenvalue weighted by atomic mass is 15.2. The van der Waals surface area contributed by atoms with Gasteiger partial charge < -0.3 is 4.90 Å². The number of rotatable bonds is 4. The van der Waals surface area contributed by atoms with E-state index in [-0.39, 0.29) is 0 Å². The molecule has 1 heterocycles. The number of nitrogens with zero attached hydrogens (tertiary/aromatic N) is 2. The molecule has 0 aromatic heterocycles. The maximum absolute atomic E-state index is 2.68. The Morgan fingerprint density at radius 2 is 1.85 bits per heavy atom. The molecule has 1 saturated heterocycles. The van der Waals surface area contributed by atoms with E-state index in [0.29, 0.717) is 6.04 Å². The molecule has 20 heavy (non-hydrogen) atoms. The molecular formula is C18H28N2. The van der Waals surface area contributed by atoms with Gasteiger partial charge >= 0.3 is 0 Å². The van der Waals surface area contributed by atoms with E-state index in [9.17, 15) is 0 Å². The largest absolute Gasteiger partial charge is 0.300 e. The summed E-state index contributed by atoms with van der Waals surface area (Å²) >= 11 is 0. The fraction of sp³-hybridized carbons (Fsp3) is 0.667. The van der Waals surface area contributed by atoms with Crippen LogP contribution in [0.4, 0.5) is 0 Å². The van der Waals surface area contributed by atoms with Gasteiger partial charge in [0.15, 0.2) is 0 Å². The van der Waals surface area contributed by atoms with Crippen LogP contribution in [-0.4, -0.2) is 41.5 Å². The maximum atomic E-state index is 2.68. The van der Waals surface area contributed by atoms with Crippen molar-refractivity contribution in [2.75, 3.05) is 13.6 Å². The highest BCUT2D eigenvalue weighted by Gasteiger charge is 2.32. The standard InChI is InChI=1S/C18H28N2/c1-15-13-18(19(2)17-9-6-10-17)11-12-20(15)14-16-7-4-3-5-8-16/h3-5,7-8,15,17-18H,6,9-14H2,1-2H3/t15-,18-/m1/s1. The van der Waals surface area contributed by atoms with Crippen LogP contribution in [0, 0.1) is 0 Å². The van der Waals surface area contributed by atoms with Crippen LogP contribution in [0.25, 0.3) is 0 Å². The topological polar surface area (TPSA) is 6.48 Å². The summed E-state index contributed by atoms with van der Waals surface area (Å²) < 4.78 is 0. The van der Waals surface area contributed by atoms with Gasteiger partial charge in [-0.05, 0) is 45.2 Å². The lowest BCUT2D eigenvalue weighted by Gasteiger charge is -2.46. The van der Waals surface area contributed by atoms with E-state index in [4.69, 9.17) is 0 Å². The lowest BCUT2D eigenvalue weighted by atomic mass is 9.88. The molecule has 1 aliphatic heterocycles. The summed E-state index contributed by atoms with van der Waals surface area (Å²) in [5.41, 5.74) is 1.45. The second kappa shape index (κ2) is 6.28. The minimum atomic E-state index is 0.705. The first-order valence-electron chi connectivity index (χ1n) is 8.24. The van der Waals surface area contributed by atoms with Crippen LogP contribution in [0.2, 0.25) is 0 Å². The molecule has 110 valence electrons. The predicted octanol–water partition coefficient (Wildman–Crippen LogP) is 3.52. The van der Waals surface area contributed by atoms with Crippen molar-refractivity contribution in [1.29, 1.82) is 0 Å². The Kier molecular flexibility index (Phi) is 4.42. The molecule has 1 aromatic rings. The number of piperidine rings is 1. The zero-order chi connectivity index (χ0) is 13.9. The molecule has 2 aliphatic rings. The van der Waals surface area contributed by atoms with Gasteiger partial charge in [0.2, 0.25) is 0 Å². The zero-order valence-electron chi connectivity index (χ0n) is 13.0. The third-order valence-electron chi connectivity index (χ3n) is 5.44. The molecule has 2 nitrogen and oxygen atoms in total. The first kappa shape index (κ1) is 14.1. The Morgan fingerprint density at radius 3 is 2.45 bits per heavy atom. The fourth-order valence-electron chi connectivity index (χ4n) is 3.71. The molecule has 1 saturated carbocycles. The Labute approximate surface area is 123 Å². The maximum Gasteiger partial charge on any atom is 0.0236 e. The predicted molar refractivity (Wildman–Crippen MR) is 84.7 cm³/mol. The number of hydrogen-bond acceptors (Lipinski definition) is 2. The van der Waals surface area contributed by atoms with Crippen molar-refractivity contribution in [2.24, 2.45) is 0 Å². The Hall–Kier alpha value is -0.860. The molecule has 2 heteroatoms. The smallest absolute Gasteiger partial charge is 0.0236 e. The van der Waals surface area contributed by atoms with Crippen molar-refractivity contribution in [3.05, 3.63) is 35.9 Å². The minimum Gasteiger partial charge on any atom is -0.300 e. The summed E-state index contributed by atoms with van der Waals surface area (Å²) in [7, 11) is 2.36. The van der Waals surface area contributed by atoms with Gasteiger partial charge in [-0.3, -0.25) is 4.90 Å². The Balaban J connectivity index is 1.54. The van der Waals surface area contributed by atoms with Gasteiger partial charge in [0.05, 0.1) is 0 Å². The molecule has 0 spiro atoms. The van der Waals surface area contributed by atoms with Crippen molar-refractivity contribution in [2.45, 2.75) is 63.7 Å². The number of benzene rings is 1. The number of likely N-dealkylation sites (tertiary alicyclic amines) is 1. The highest BCUT2D eigenvalue weighted by Crippen LogP contribution is 2.30. The van der Waals surface area contributed by atoms with Crippen molar-refractivity contribution >= 4 is 0 Å². The van der Waals surface area contributed by atoms with E-state index in [2.05, 4.69) is 54.1 Å². The monoisotopic (exact) mass is 272 g/mol. The number of hydrogen-bond donors (Lipinski definition) is 0. The van der Waals surface area contributed by atoms with Crippen molar-refractivity contribution in [1.82, 2.24) is 9.80 Å². The quantitative estimate of drug-likeness (QED) is 0.827. The van der Waals surface area contributed by atoms with Crippen LogP contribution < -0.4 is 0 Å². The second-order valence-electron chi connectivity index (χ2n) is 6.73. The summed E-state index contributed by atoms with van der Waals surface area (Å²) in [5, 5.41) is 0. The van der Waals surface area contributed by atoms with Crippen molar-refractivity contribution in [3.63, 3.8) is 0 Å². The van der Waals surface area contributed by atoms with E-state index in [1.165, 1.54) is 44.2 Å². The zero-order valence-corrected chi connectivity index (χ0v) is 13.0. The molecule has 1 aliphatic carbocycles. The summed E-state index contributed by atoms with van der Waals surface area (Å²) in [4.78, 5) is 5.33. The van der Waals surface area contributed by atoms with Crippen LogP contribution >= 0.6 is 0 Å². The molecule has 0 radical (unpaired) electrons. The van der Waals surface area contributed by atoms with Crippen LogP contribution in [-0.2, 0) is 6.54 Å². The van der Waals surface area contributed by atoms with Gasteiger partial charge in [-0.25, -0.2) is 0 Å². The lowest BCUT2D eigenvalue weighted by Crippen LogP contribution is -2.51. The van der Waals surface area contributed by atoms with Crippen LogP contribution in [0.15, 0.2) is 30.3 Å². The average Bonchev–Trinajstić information content (AvgIpc) is 2.40. The third-order valence-corrected chi connectivity index (χ3v) is 5.44. The second-order valence-corrected chi connectivity index (χ2v) is 6.73. The molecule has 0 N–H and O–H groups in total. The molecule has 1 aromatic carbocycles. The molecule has 2 fully saturated rings. The lowest BCUT2D eigenvalue weighted by molar-refractivity contribution is 0.0375. The Bertz CT molecular complexity index is 413. The first-order valence-corrected chi connectivity index (χ1v) is 8.24. The normalized spacial score (nSPS) is 28.6. The van der Waals surface area contributed by atoms with Gasteiger partial charge in [-0.2, -0.15) is 0 Å². The fourth-order valence-corrected chi connectivity index (χ4v) is 3.71. The summed E-state index contributed by atoms with van der Waals surface area (Å²) in [6.07, 6.45) is 6.96. The van der Waals surface area contributed by atoms with Gasteiger partial charge in [-0.15, -0.1) is 0 Å². The SMILES string of the molecule is C[C@@H]1C[C@H](N(C)C2CCC2)CCN1Cc1ccccc1. The van der Waals surface area contributed by atoms with Crippen molar-refractivity contribution in [3.8, 4) is 0 Å². The van der Waals surface area contributed by atoms with Gasteiger partial charge in [0.25, 0.3) is 0 Å². The van der Waals surface area contributed by atoms with Crippen LogP contribution in [0.5, 0.6) is 0 Å². The third kappa shape index (κ3) is 3.07. The molecular weight excluding hydrogens is 244 g/mol. The van der Waals surface area contributed by atoms with Gasteiger partial charge in [0, 0.05) is 31.2 Å². The summed E-state index contributed by atoms with van der Waals surface area (Å²) in [6, 6.07) is 13.3. The Morgan fingerprint density at radius 1 is 1.10 bits per heavy atom. The minimum absolute atomic E-state index is 0.705. The molecule has 2 atom stereocenters. The van der Waals surface area contributed by atoms with Crippen molar-refractivity contribution < 1.29 is 0 Å². The molecule has 0 bridgehead atoms. The summed E-state index contributed by atoms with van der Waals surface area (Å²) in [5.74, 6) is 0. The van der Waals surface area contributed by atoms with Crippen LogP contribution in [0.1, 0.15) is 44.6 Å². The van der Waals surface area contributed by atoms with Crippen LogP contribution in [0.3, 0.4) is 0 Å². The average molecular weight is 272 g/mol. The van der Waals surface area contributed by atoms with E-state index in [1.54, 1.807) is 0 Å². The van der Waals surface area contributed by atoms with E-state index >= 15 is 0 Å².